The zero-order chi connectivity index (χ0) is 20.5. The van der Waals surface area contributed by atoms with Gasteiger partial charge in [0, 0.05) is 15.2 Å². The van der Waals surface area contributed by atoms with E-state index in [1.165, 1.54) is 4.90 Å². The van der Waals surface area contributed by atoms with Crippen molar-refractivity contribution in [2.24, 2.45) is 0 Å². The van der Waals surface area contributed by atoms with Gasteiger partial charge in [-0.05, 0) is 55.0 Å². The number of hydrogen-bond donors (Lipinski definition) is 1. The van der Waals surface area contributed by atoms with Gasteiger partial charge in [-0.2, -0.15) is 0 Å². The van der Waals surface area contributed by atoms with Crippen LogP contribution in [-0.4, -0.2) is 11.8 Å². The van der Waals surface area contributed by atoms with E-state index in [1.54, 1.807) is 36.4 Å². The average Bonchev–Trinajstić information content (AvgIpc) is 2.93. The number of carbonyl (C=O) groups excluding carboxylic acids is 2. The summed E-state index contributed by atoms with van der Waals surface area (Å²) in [6.45, 7) is 1.95. The molecule has 4 rings (SSSR count). The Balaban J connectivity index is 1.82. The van der Waals surface area contributed by atoms with E-state index in [0.717, 1.165) is 10.0 Å². The minimum atomic E-state index is -0.399. The number of amides is 2. The molecule has 0 atom stereocenters. The van der Waals surface area contributed by atoms with Crippen LogP contribution < -0.4 is 10.2 Å². The number of carbonyl (C=O) groups is 2. The predicted molar refractivity (Wildman–Crippen MR) is 120 cm³/mol. The van der Waals surface area contributed by atoms with Gasteiger partial charge in [-0.1, -0.05) is 63.4 Å². The number of nitrogens with zero attached hydrogens (tertiary/aromatic N) is 1. The van der Waals surface area contributed by atoms with Crippen molar-refractivity contribution < 1.29 is 9.59 Å². The monoisotopic (exact) mass is 466 g/mol. The highest BCUT2D eigenvalue weighted by molar-refractivity contribution is 9.10. The first kappa shape index (κ1) is 19.4. The van der Waals surface area contributed by atoms with Crippen molar-refractivity contribution in [3.05, 3.63) is 99.1 Å². The molecule has 3 aromatic carbocycles. The molecule has 0 fully saturated rings. The summed E-state index contributed by atoms with van der Waals surface area (Å²) in [6, 6.07) is 21.6. The largest absolute Gasteiger partial charge is 0.350 e. The van der Waals surface area contributed by atoms with Gasteiger partial charge in [0.15, 0.2) is 0 Å². The fourth-order valence-corrected chi connectivity index (χ4v) is 3.69. The van der Waals surface area contributed by atoms with Crippen LogP contribution in [0.4, 0.5) is 11.4 Å². The fraction of sp³-hybridized carbons (Fsp3) is 0.0435. The Morgan fingerprint density at radius 1 is 0.897 bits per heavy atom. The predicted octanol–water partition coefficient (Wildman–Crippen LogP) is 5.81. The van der Waals surface area contributed by atoms with Crippen LogP contribution in [0.2, 0.25) is 5.02 Å². The van der Waals surface area contributed by atoms with Crippen LogP contribution >= 0.6 is 27.5 Å². The van der Waals surface area contributed by atoms with E-state index in [1.807, 2.05) is 43.3 Å². The van der Waals surface area contributed by atoms with Gasteiger partial charge in [0.25, 0.3) is 11.8 Å². The summed E-state index contributed by atoms with van der Waals surface area (Å²) in [4.78, 5) is 27.8. The van der Waals surface area contributed by atoms with Gasteiger partial charge < -0.3 is 5.32 Å². The third-order valence-corrected chi connectivity index (χ3v) is 5.35. The van der Waals surface area contributed by atoms with Crippen molar-refractivity contribution in [1.82, 2.24) is 0 Å². The summed E-state index contributed by atoms with van der Waals surface area (Å²) in [5.74, 6) is -0.776. The van der Waals surface area contributed by atoms with Crippen LogP contribution in [0.5, 0.6) is 0 Å². The Kier molecular flexibility index (Phi) is 5.26. The van der Waals surface area contributed by atoms with E-state index < -0.39 is 5.91 Å². The van der Waals surface area contributed by atoms with E-state index in [4.69, 9.17) is 11.6 Å². The number of aryl methyl sites for hydroxylation is 1. The molecular formula is C23H16BrClN2O2. The van der Waals surface area contributed by atoms with E-state index in [9.17, 15) is 9.59 Å². The van der Waals surface area contributed by atoms with Crippen molar-refractivity contribution in [3.8, 4) is 0 Å². The molecule has 0 radical (unpaired) electrons. The van der Waals surface area contributed by atoms with Crippen molar-refractivity contribution in [2.75, 3.05) is 10.2 Å². The maximum Gasteiger partial charge on any atom is 0.282 e. The van der Waals surface area contributed by atoms with Gasteiger partial charge in [-0.15, -0.1) is 0 Å². The Labute approximate surface area is 181 Å². The van der Waals surface area contributed by atoms with Crippen molar-refractivity contribution >= 4 is 56.3 Å². The van der Waals surface area contributed by atoms with Gasteiger partial charge in [0.2, 0.25) is 0 Å². The molecule has 3 aromatic rings. The summed E-state index contributed by atoms with van der Waals surface area (Å²) < 4.78 is 0.864. The van der Waals surface area contributed by atoms with Crippen LogP contribution in [0.15, 0.2) is 83.0 Å². The molecule has 2 amide bonds. The van der Waals surface area contributed by atoms with Gasteiger partial charge in [-0.3, -0.25) is 9.59 Å². The molecule has 144 valence electrons. The third kappa shape index (κ3) is 3.84. The quantitative estimate of drug-likeness (QED) is 0.493. The molecule has 4 nitrogen and oxygen atoms in total. The minimum Gasteiger partial charge on any atom is -0.350 e. The van der Waals surface area contributed by atoms with Crippen molar-refractivity contribution in [2.45, 2.75) is 6.92 Å². The molecule has 0 bridgehead atoms. The van der Waals surface area contributed by atoms with Crippen molar-refractivity contribution in [1.29, 1.82) is 0 Å². The smallest absolute Gasteiger partial charge is 0.282 e. The van der Waals surface area contributed by atoms with E-state index in [2.05, 4.69) is 21.2 Å². The third-order valence-electron chi connectivity index (χ3n) is 4.60. The second-order valence-electron chi connectivity index (χ2n) is 6.67. The lowest BCUT2D eigenvalue weighted by atomic mass is 10.0. The van der Waals surface area contributed by atoms with Gasteiger partial charge in [0.1, 0.15) is 5.70 Å². The van der Waals surface area contributed by atoms with Crippen molar-refractivity contribution in [3.63, 3.8) is 0 Å². The summed E-state index contributed by atoms with van der Waals surface area (Å²) in [6.07, 6.45) is 0. The summed E-state index contributed by atoms with van der Waals surface area (Å²) in [7, 11) is 0. The first-order chi connectivity index (χ1) is 13.9. The number of rotatable bonds is 4. The lowest BCUT2D eigenvalue weighted by molar-refractivity contribution is -0.120. The lowest BCUT2D eigenvalue weighted by Gasteiger charge is -2.15. The molecule has 6 heteroatoms. The Bertz CT molecular complexity index is 1140. The van der Waals surface area contributed by atoms with E-state index >= 15 is 0 Å². The molecule has 0 unspecified atom stereocenters. The Hall–Kier alpha value is -2.89. The van der Waals surface area contributed by atoms with Crippen LogP contribution in [0.3, 0.4) is 0 Å². The molecular weight excluding hydrogens is 452 g/mol. The number of nitrogens with one attached hydrogen (secondary N) is 1. The van der Waals surface area contributed by atoms with Crippen LogP contribution in [0, 0.1) is 6.92 Å². The van der Waals surface area contributed by atoms with Crippen LogP contribution in [-0.2, 0) is 9.59 Å². The minimum absolute atomic E-state index is 0.232. The molecule has 0 aliphatic carbocycles. The zero-order valence-corrected chi connectivity index (χ0v) is 17.8. The number of anilines is 2. The normalized spacial score (nSPS) is 14.0. The maximum absolute atomic E-state index is 13.3. The highest BCUT2D eigenvalue weighted by Gasteiger charge is 2.40. The van der Waals surface area contributed by atoms with Gasteiger partial charge >= 0.3 is 0 Å². The number of imide groups is 1. The summed E-state index contributed by atoms with van der Waals surface area (Å²) >= 11 is 9.44. The second kappa shape index (κ2) is 7.85. The SMILES string of the molecule is Cc1ccc(N2C(=O)C(Nc3cccc(Br)c3)=C(c3ccc(Cl)cc3)C2=O)cc1. The molecule has 1 N–H and O–H groups in total. The van der Waals surface area contributed by atoms with E-state index in [-0.39, 0.29) is 11.6 Å². The van der Waals surface area contributed by atoms with Gasteiger partial charge in [-0.25, -0.2) is 4.90 Å². The molecule has 1 aliphatic heterocycles. The number of halogens is 2. The highest BCUT2D eigenvalue weighted by Crippen LogP contribution is 2.34. The van der Waals surface area contributed by atoms with Gasteiger partial charge in [0.05, 0.1) is 11.3 Å². The fourth-order valence-electron chi connectivity index (χ4n) is 3.17. The van der Waals surface area contributed by atoms with Crippen LogP contribution in [0.1, 0.15) is 11.1 Å². The molecule has 29 heavy (non-hydrogen) atoms. The lowest BCUT2D eigenvalue weighted by Crippen LogP contribution is -2.32. The Morgan fingerprint density at radius 2 is 1.59 bits per heavy atom. The first-order valence-corrected chi connectivity index (χ1v) is 10.1. The average molecular weight is 468 g/mol. The molecule has 0 saturated heterocycles. The van der Waals surface area contributed by atoms with Crippen LogP contribution in [0.25, 0.3) is 5.57 Å². The summed E-state index contributed by atoms with van der Waals surface area (Å²) in [5.41, 5.74) is 3.45. The zero-order valence-electron chi connectivity index (χ0n) is 15.4. The molecule has 1 heterocycles. The number of benzene rings is 3. The highest BCUT2D eigenvalue weighted by atomic mass is 79.9. The standard InChI is InChI=1S/C23H16BrClN2O2/c1-14-5-11-19(12-6-14)27-22(28)20(15-7-9-17(25)10-8-15)21(23(27)29)26-18-4-2-3-16(24)13-18/h2-13,26H,1H3. The molecule has 0 spiro atoms. The Morgan fingerprint density at radius 3 is 2.24 bits per heavy atom. The second-order valence-corrected chi connectivity index (χ2v) is 8.03. The topological polar surface area (TPSA) is 49.4 Å². The summed E-state index contributed by atoms with van der Waals surface area (Å²) in [5, 5.41) is 3.70. The molecule has 0 aromatic heterocycles. The molecule has 0 saturated carbocycles. The molecule has 1 aliphatic rings. The van der Waals surface area contributed by atoms with E-state index in [0.29, 0.717) is 27.5 Å². The first-order valence-electron chi connectivity index (χ1n) is 8.92. The number of hydrogen-bond acceptors (Lipinski definition) is 3. The maximum atomic E-state index is 13.3.